The second kappa shape index (κ2) is 9.28. The van der Waals surface area contributed by atoms with E-state index in [1.54, 1.807) is 6.07 Å². The topological polar surface area (TPSA) is 54.7 Å². The SMILES string of the molecule is Cc1ccc(C(CNC(=O)/C=C(/c2ccccc2)C(F)(F)F)N2CCOCC2)o1. The van der Waals surface area contributed by atoms with Crippen LogP contribution in [0.3, 0.4) is 0 Å². The Labute approximate surface area is 167 Å². The first-order valence-corrected chi connectivity index (χ1v) is 9.35. The Morgan fingerprint density at radius 1 is 1.17 bits per heavy atom. The van der Waals surface area contributed by atoms with Crippen molar-refractivity contribution in [2.24, 2.45) is 0 Å². The molecule has 5 nitrogen and oxygen atoms in total. The average molecular weight is 408 g/mol. The molecule has 1 unspecified atom stereocenters. The summed E-state index contributed by atoms with van der Waals surface area (Å²) in [6.07, 6.45) is -4.03. The molecule has 3 rings (SSSR count). The monoisotopic (exact) mass is 408 g/mol. The van der Waals surface area contributed by atoms with Crippen LogP contribution in [0, 0.1) is 6.92 Å². The third-order valence-electron chi connectivity index (χ3n) is 4.71. The van der Waals surface area contributed by atoms with Gasteiger partial charge < -0.3 is 14.5 Å². The summed E-state index contributed by atoms with van der Waals surface area (Å²) in [6.45, 7) is 4.34. The van der Waals surface area contributed by atoms with Gasteiger partial charge in [0.15, 0.2) is 0 Å². The zero-order valence-electron chi connectivity index (χ0n) is 16.0. The Balaban J connectivity index is 1.75. The minimum absolute atomic E-state index is 0.0541. The fourth-order valence-electron chi connectivity index (χ4n) is 3.26. The molecular weight excluding hydrogens is 385 g/mol. The second-order valence-electron chi connectivity index (χ2n) is 6.78. The van der Waals surface area contributed by atoms with Crippen LogP contribution in [0.25, 0.3) is 5.57 Å². The van der Waals surface area contributed by atoms with Gasteiger partial charge in [-0.2, -0.15) is 13.2 Å². The van der Waals surface area contributed by atoms with Crippen molar-refractivity contribution in [1.29, 1.82) is 0 Å². The van der Waals surface area contributed by atoms with Crippen molar-refractivity contribution in [3.05, 3.63) is 65.6 Å². The van der Waals surface area contributed by atoms with Gasteiger partial charge in [-0.1, -0.05) is 30.3 Å². The van der Waals surface area contributed by atoms with Crippen LogP contribution in [-0.2, 0) is 9.53 Å². The lowest BCUT2D eigenvalue weighted by Crippen LogP contribution is -2.43. The Morgan fingerprint density at radius 2 is 1.86 bits per heavy atom. The normalized spacial score (nSPS) is 17.2. The number of ether oxygens (including phenoxy) is 1. The number of hydrogen-bond donors (Lipinski definition) is 1. The molecule has 1 amide bonds. The molecule has 0 spiro atoms. The van der Waals surface area contributed by atoms with E-state index < -0.39 is 17.7 Å². The number of aryl methyl sites for hydroxylation is 1. The van der Waals surface area contributed by atoms with Crippen LogP contribution in [-0.4, -0.2) is 49.8 Å². The first-order chi connectivity index (χ1) is 13.8. The summed E-state index contributed by atoms with van der Waals surface area (Å²) in [5.74, 6) is 0.586. The maximum atomic E-state index is 13.4. The molecule has 2 heterocycles. The molecule has 1 fully saturated rings. The van der Waals surface area contributed by atoms with Crippen LogP contribution in [0.15, 0.2) is 53.0 Å². The van der Waals surface area contributed by atoms with Crippen molar-refractivity contribution in [1.82, 2.24) is 10.2 Å². The number of allylic oxidation sites excluding steroid dienone is 1. The van der Waals surface area contributed by atoms with E-state index in [-0.39, 0.29) is 18.2 Å². The first kappa shape index (κ1) is 21.1. The van der Waals surface area contributed by atoms with Gasteiger partial charge in [0.1, 0.15) is 11.5 Å². The third kappa shape index (κ3) is 5.71. The molecule has 156 valence electrons. The standard InChI is InChI=1S/C21H23F3N2O3/c1-15-7-8-19(29-15)18(26-9-11-28-12-10-26)14-25-20(27)13-17(21(22,23)24)16-5-3-2-4-6-16/h2-8,13,18H,9-12,14H2,1H3,(H,25,27)/b17-13-. The number of halogens is 3. The predicted molar refractivity (Wildman–Crippen MR) is 102 cm³/mol. The van der Waals surface area contributed by atoms with Crippen LogP contribution >= 0.6 is 0 Å². The molecule has 1 N–H and O–H groups in total. The van der Waals surface area contributed by atoms with Crippen molar-refractivity contribution in [3.8, 4) is 0 Å². The van der Waals surface area contributed by atoms with Gasteiger partial charge in [-0.15, -0.1) is 0 Å². The molecule has 1 aliphatic rings. The fraction of sp³-hybridized carbons (Fsp3) is 0.381. The highest BCUT2D eigenvalue weighted by Crippen LogP contribution is 2.33. The second-order valence-corrected chi connectivity index (χ2v) is 6.78. The van der Waals surface area contributed by atoms with Crippen molar-refractivity contribution >= 4 is 11.5 Å². The van der Waals surface area contributed by atoms with Crippen LogP contribution < -0.4 is 5.32 Å². The number of furan rings is 1. The minimum atomic E-state index is -4.64. The molecule has 1 aromatic heterocycles. The van der Waals surface area contributed by atoms with E-state index in [9.17, 15) is 18.0 Å². The van der Waals surface area contributed by atoms with Gasteiger partial charge in [-0.05, 0) is 24.6 Å². The van der Waals surface area contributed by atoms with Gasteiger partial charge in [0.25, 0.3) is 0 Å². The van der Waals surface area contributed by atoms with E-state index in [4.69, 9.17) is 9.15 Å². The summed E-state index contributed by atoms with van der Waals surface area (Å²) < 4.78 is 51.4. The number of carbonyl (C=O) groups is 1. The van der Waals surface area contributed by atoms with Crippen molar-refractivity contribution in [2.75, 3.05) is 32.8 Å². The summed E-state index contributed by atoms with van der Waals surface area (Å²) in [5.41, 5.74) is -1.03. The Kier molecular flexibility index (Phi) is 6.76. The first-order valence-electron chi connectivity index (χ1n) is 9.35. The number of morpholine rings is 1. The van der Waals surface area contributed by atoms with E-state index in [0.29, 0.717) is 38.1 Å². The Morgan fingerprint density at radius 3 is 2.45 bits per heavy atom. The summed E-state index contributed by atoms with van der Waals surface area (Å²) in [7, 11) is 0. The van der Waals surface area contributed by atoms with Gasteiger partial charge in [0, 0.05) is 25.7 Å². The zero-order valence-corrected chi connectivity index (χ0v) is 16.0. The predicted octanol–water partition coefficient (Wildman–Crippen LogP) is 3.72. The quantitative estimate of drug-likeness (QED) is 0.741. The lowest BCUT2D eigenvalue weighted by Gasteiger charge is -2.33. The summed E-state index contributed by atoms with van der Waals surface area (Å²) >= 11 is 0. The van der Waals surface area contributed by atoms with Gasteiger partial charge in [0.05, 0.1) is 24.8 Å². The molecule has 1 aliphatic heterocycles. The number of rotatable bonds is 6. The summed E-state index contributed by atoms with van der Waals surface area (Å²) in [4.78, 5) is 14.4. The van der Waals surface area contributed by atoms with Crippen LogP contribution in [0.5, 0.6) is 0 Å². The maximum absolute atomic E-state index is 13.4. The molecule has 8 heteroatoms. The fourth-order valence-corrected chi connectivity index (χ4v) is 3.26. The minimum Gasteiger partial charge on any atom is -0.465 e. The van der Waals surface area contributed by atoms with Gasteiger partial charge in [-0.3, -0.25) is 9.69 Å². The molecule has 29 heavy (non-hydrogen) atoms. The molecule has 1 saturated heterocycles. The van der Waals surface area contributed by atoms with Crippen LogP contribution in [0.4, 0.5) is 13.2 Å². The smallest absolute Gasteiger partial charge is 0.417 e. The van der Waals surface area contributed by atoms with Gasteiger partial charge in [-0.25, -0.2) is 0 Å². The van der Waals surface area contributed by atoms with Crippen molar-refractivity contribution < 1.29 is 27.1 Å². The van der Waals surface area contributed by atoms with E-state index in [0.717, 1.165) is 5.76 Å². The Bertz CT molecular complexity index is 840. The molecular formula is C21H23F3N2O3. The molecule has 0 saturated carbocycles. The number of alkyl halides is 3. The molecule has 1 atom stereocenters. The molecule has 1 aromatic carbocycles. The molecule has 2 aromatic rings. The highest BCUT2D eigenvalue weighted by atomic mass is 19.4. The van der Waals surface area contributed by atoms with Crippen molar-refractivity contribution in [2.45, 2.75) is 19.1 Å². The third-order valence-corrected chi connectivity index (χ3v) is 4.71. The maximum Gasteiger partial charge on any atom is 0.417 e. The average Bonchev–Trinajstić information content (AvgIpc) is 3.13. The van der Waals surface area contributed by atoms with E-state index in [2.05, 4.69) is 10.2 Å². The molecule has 0 bridgehead atoms. The van der Waals surface area contributed by atoms with Crippen LogP contribution in [0.2, 0.25) is 0 Å². The van der Waals surface area contributed by atoms with E-state index >= 15 is 0 Å². The number of amides is 1. The number of carbonyl (C=O) groups excluding carboxylic acids is 1. The molecule has 0 aliphatic carbocycles. The zero-order chi connectivity index (χ0) is 20.9. The van der Waals surface area contributed by atoms with E-state index in [1.165, 1.54) is 24.3 Å². The largest absolute Gasteiger partial charge is 0.465 e. The summed E-state index contributed by atoms with van der Waals surface area (Å²) in [6, 6.07) is 10.6. The molecule has 0 radical (unpaired) electrons. The van der Waals surface area contributed by atoms with Crippen molar-refractivity contribution in [3.63, 3.8) is 0 Å². The number of hydrogen-bond acceptors (Lipinski definition) is 4. The van der Waals surface area contributed by atoms with Crippen LogP contribution in [0.1, 0.15) is 23.1 Å². The number of nitrogens with one attached hydrogen (secondary N) is 1. The highest BCUT2D eigenvalue weighted by molar-refractivity contribution is 5.96. The Hall–Kier alpha value is -2.58. The van der Waals surface area contributed by atoms with Gasteiger partial charge in [0.2, 0.25) is 5.91 Å². The lowest BCUT2D eigenvalue weighted by molar-refractivity contribution is -0.117. The number of benzene rings is 1. The highest BCUT2D eigenvalue weighted by Gasteiger charge is 2.35. The number of nitrogens with zero attached hydrogens (tertiary/aromatic N) is 1. The van der Waals surface area contributed by atoms with Gasteiger partial charge >= 0.3 is 6.18 Å². The van der Waals surface area contributed by atoms with E-state index in [1.807, 2.05) is 19.1 Å². The lowest BCUT2D eigenvalue weighted by atomic mass is 10.0. The summed E-state index contributed by atoms with van der Waals surface area (Å²) in [5, 5.41) is 2.60.